The smallest absolute Gasteiger partial charge is 0.289 e. The van der Waals surface area contributed by atoms with E-state index in [0.717, 1.165) is 0 Å². The molecule has 0 saturated carbocycles. The molecule has 0 aliphatic rings. The van der Waals surface area contributed by atoms with Crippen molar-refractivity contribution < 1.29 is 13.2 Å². The zero-order valence-corrected chi connectivity index (χ0v) is 13.4. The van der Waals surface area contributed by atoms with Crippen LogP contribution in [0, 0.1) is 0 Å². The normalized spacial score (nSPS) is 11.2. The second-order valence-electron chi connectivity index (χ2n) is 4.52. The van der Waals surface area contributed by atoms with Gasteiger partial charge in [-0.1, -0.05) is 30.7 Å². The van der Waals surface area contributed by atoms with Crippen LogP contribution < -0.4 is 9.44 Å². The molecule has 0 heterocycles. The van der Waals surface area contributed by atoms with Crippen LogP contribution in [0.25, 0.3) is 0 Å². The number of ketones is 1. The Labute approximate surface area is 134 Å². The first-order valence-electron chi connectivity index (χ1n) is 6.59. The minimum atomic E-state index is -3.63. The van der Waals surface area contributed by atoms with Gasteiger partial charge in [-0.05, 0) is 36.4 Å². The number of hydrogen-bond donors (Lipinski definition) is 2. The van der Waals surface area contributed by atoms with E-state index >= 15 is 0 Å². The topological polar surface area (TPSA) is 75.3 Å². The van der Waals surface area contributed by atoms with Gasteiger partial charge < -0.3 is 0 Å². The van der Waals surface area contributed by atoms with Gasteiger partial charge in [0.2, 0.25) is 0 Å². The van der Waals surface area contributed by atoms with Crippen molar-refractivity contribution in [3.8, 4) is 0 Å². The fourth-order valence-corrected chi connectivity index (χ4v) is 2.89. The molecule has 0 saturated heterocycles. The van der Waals surface area contributed by atoms with Crippen molar-refractivity contribution in [2.45, 2.75) is 6.92 Å². The molecule has 2 rings (SSSR count). The summed E-state index contributed by atoms with van der Waals surface area (Å²) in [5, 5.41) is 0.545. The van der Waals surface area contributed by atoms with E-state index in [1.165, 1.54) is 6.07 Å². The van der Waals surface area contributed by atoms with Gasteiger partial charge in [0.1, 0.15) is 0 Å². The molecule has 2 aromatic carbocycles. The van der Waals surface area contributed by atoms with E-state index in [4.69, 9.17) is 11.6 Å². The van der Waals surface area contributed by atoms with E-state index in [0.29, 0.717) is 21.8 Å². The summed E-state index contributed by atoms with van der Waals surface area (Å²) in [5.41, 5.74) is 1.19. The highest BCUT2D eigenvalue weighted by Gasteiger charge is 2.12. The van der Waals surface area contributed by atoms with E-state index in [1.54, 1.807) is 49.4 Å². The van der Waals surface area contributed by atoms with Crippen molar-refractivity contribution in [3.63, 3.8) is 0 Å². The van der Waals surface area contributed by atoms with Crippen molar-refractivity contribution in [1.29, 1.82) is 0 Å². The number of halogens is 1. The van der Waals surface area contributed by atoms with Crippen LogP contribution >= 0.6 is 11.6 Å². The Morgan fingerprint density at radius 2 is 1.77 bits per heavy atom. The molecule has 0 spiro atoms. The first-order chi connectivity index (χ1) is 10.4. The minimum absolute atomic E-state index is 0.207. The van der Waals surface area contributed by atoms with Gasteiger partial charge in [-0.25, -0.2) is 0 Å². The monoisotopic (exact) mass is 338 g/mol. The molecule has 2 aromatic rings. The molecule has 0 atom stereocenters. The standard InChI is InChI=1S/C15H15ClN2O3S/c1-2-17-22(20,21)18-14-5-3-4-12(10-14)15(19)11-6-8-13(16)9-7-11/h3-10,17-18H,2H2,1H3. The number of hydrogen-bond acceptors (Lipinski definition) is 3. The number of carbonyl (C=O) groups excluding carboxylic acids is 1. The molecule has 0 amide bonds. The average Bonchev–Trinajstić information content (AvgIpc) is 2.47. The summed E-state index contributed by atoms with van der Waals surface area (Å²) in [7, 11) is -3.63. The molecule has 0 bridgehead atoms. The molecule has 0 radical (unpaired) electrons. The highest BCUT2D eigenvalue weighted by Crippen LogP contribution is 2.17. The second kappa shape index (κ2) is 6.91. The van der Waals surface area contributed by atoms with Crippen LogP contribution in [0.3, 0.4) is 0 Å². The third-order valence-corrected chi connectivity index (χ3v) is 4.24. The second-order valence-corrected chi connectivity index (χ2v) is 6.46. The van der Waals surface area contributed by atoms with Crippen LogP contribution in [0.2, 0.25) is 5.02 Å². The maximum atomic E-state index is 12.4. The predicted molar refractivity (Wildman–Crippen MR) is 87.5 cm³/mol. The summed E-state index contributed by atoms with van der Waals surface area (Å²) in [6, 6.07) is 12.8. The lowest BCUT2D eigenvalue weighted by molar-refractivity contribution is 0.103. The van der Waals surface area contributed by atoms with Crippen LogP contribution in [0.5, 0.6) is 0 Å². The summed E-state index contributed by atoms with van der Waals surface area (Å²) < 4.78 is 28.0. The Kier molecular flexibility index (Phi) is 5.18. The van der Waals surface area contributed by atoms with Crippen molar-refractivity contribution >= 4 is 33.3 Å². The Morgan fingerprint density at radius 3 is 2.41 bits per heavy atom. The lowest BCUT2D eigenvalue weighted by Gasteiger charge is -2.09. The average molecular weight is 339 g/mol. The Hall–Kier alpha value is -1.89. The van der Waals surface area contributed by atoms with E-state index in [1.807, 2.05) is 0 Å². The molecule has 0 aliphatic heterocycles. The maximum absolute atomic E-state index is 12.4. The van der Waals surface area contributed by atoms with Gasteiger partial charge in [-0.2, -0.15) is 13.1 Å². The lowest BCUT2D eigenvalue weighted by atomic mass is 10.0. The molecule has 22 heavy (non-hydrogen) atoms. The fourth-order valence-electron chi connectivity index (χ4n) is 1.87. The minimum Gasteiger partial charge on any atom is -0.289 e. The van der Waals surface area contributed by atoms with Gasteiger partial charge in [0.25, 0.3) is 10.2 Å². The van der Waals surface area contributed by atoms with E-state index in [-0.39, 0.29) is 12.3 Å². The first-order valence-corrected chi connectivity index (χ1v) is 8.45. The number of carbonyl (C=O) groups is 1. The maximum Gasteiger partial charge on any atom is 0.299 e. The van der Waals surface area contributed by atoms with Gasteiger partial charge in [0.15, 0.2) is 5.78 Å². The van der Waals surface area contributed by atoms with Crippen LogP contribution in [-0.4, -0.2) is 20.7 Å². The quantitative estimate of drug-likeness (QED) is 0.795. The number of nitrogens with one attached hydrogen (secondary N) is 2. The molecule has 2 N–H and O–H groups in total. The summed E-state index contributed by atoms with van der Waals surface area (Å²) in [4.78, 5) is 12.4. The highest BCUT2D eigenvalue weighted by molar-refractivity contribution is 7.90. The van der Waals surface area contributed by atoms with Gasteiger partial charge in [-0.3, -0.25) is 9.52 Å². The summed E-state index contributed by atoms with van der Waals surface area (Å²) in [5.74, 6) is -0.207. The molecule has 0 aromatic heterocycles. The van der Waals surface area contributed by atoms with E-state index in [9.17, 15) is 13.2 Å². The molecular weight excluding hydrogens is 324 g/mol. The third kappa shape index (κ3) is 4.30. The van der Waals surface area contributed by atoms with Gasteiger partial charge >= 0.3 is 0 Å². The predicted octanol–water partition coefficient (Wildman–Crippen LogP) is 2.84. The van der Waals surface area contributed by atoms with Crippen molar-refractivity contribution in [2.24, 2.45) is 0 Å². The fraction of sp³-hybridized carbons (Fsp3) is 0.133. The zero-order chi connectivity index (χ0) is 16.2. The highest BCUT2D eigenvalue weighted by atomic mass is 35.5. The van der Waals surface area contributed by atoms with Crippen LogP contribution in [0.15, 0.2) is 48.5 Å². The van der Waals surface area contributed by atoms with Crippen molar-refractivity contribution in [3.05, 3.63) is 64.7 Å². The summed E-state index contributed by atoms with van der Waals surface area (Å²) in [6.45, 7) is 1.96. The van der Waals surface area contributed by atoms with Crippen molar-refractivity contribution in [1.82, 2.24) is 4.72 Å². The first kappa shape index (κ1) is 16.5. The number of benzene rings is 2. The van der Waals surface area contributed by atoms with Crippen LogP contribution in [-0.2, 0) is 10.2 Å². The number of anilines is 1. The van der Waals surface area contributed by atoms with Crippen LogP contribution in [0.4, 0.5) is 5.69 Å². The Morgan fingerprint density at radius 1 is 1.09 bits per heavy atom. The van der Waals surface area contributed by atoms with Crippen molar-refractivity contribution in [2.75, 3.05) is 11.3 Å². The van der Waals surface area contributed by atoms with E-state index in [2.05, 4.69) is 9.44 Å². The number of rotatable bonds is 6. The SMILES string of the molecule is CCNS(=O)(=O)Nc1cccc(C(=O)c2ccc(Cl)cc2)c1. The lowest BCUT2D eigenvalue weighted by Crippen LogP contribution is -2.29. The molecule has 7 heteroatoms. The molecule has 0 unspecified atom stereocenters. The molecule has 0 aliphatic carbocycles. The van der Waals surface area contributed by atoms with Gasteiger partial charge in [-0.15, -0.1) is 0 Å². The Bertz CT molecular complexity index is 774. The summed E-state index contributed by atoms with van der Waals surface area (Å²) in [6.07, 6.45) is 0. The molecule has 116 valence electrons. The largest absolute Gasteiger partial charge is 0.299 e. The van der Waals surface area contributed by atoms with Crippen LogP contribution in [0.1, 0.15) is 22.8 Å². The zero-order valence-electron chi connectivity index (χ0n) is 11.8. The molecule has 0 fully saturated rings. The third-order valence-electron chi connectivity index (χ3n) is 2.82. The summed E-state index contributed by atoms with van der Waals surface area (Å²) >= 11 is 5.79. The van der Waals surface area contributed by atoms with Gasteiger partial charge in [0.05, 0.1) is 5.69 Å². The Balaban J connectivity index is 2.24. The molecule has 5 nitrogen and oxygen atoms in total. The molecular formula is C15H15ClN2O3S. The van der Waals surface area contributed by atoms with Gasteiger partial charge in [0, 0.05) is 22.7 Å². The van der Waals surface area contributed by atoms with E-state index < -0.39 is 10.2 Å².